The zero-order valence-electron chi connectivity index (χ0n) is 18.2. The van der Waals surface area contributed by atoms with Crippen LogP contribution >= 0.6 is 0 Å². The smallest absolute Gasteiger partial charge is 0.255 e. The molecule has 3 rings (SSSR count). The Morgan fingerprint density at radius 2 is 1.73 bits per heavy atom. The Kier molecular flexibility index (Phi) is 6.50. The van der Waals surface area contributed by atoms with Gasteiger partial charge in [0.15, 0.2) is 0 Å². The largest absolute Gasteiger partial charge is 0.336 e. The Bertz CT molecular complexity index is 1020. The molecule has 158 valence electrons. The summed E-state index contributed by atoms with van der Waals surface area (Å²) in [6.07, 6.45) is 3.19. The van der Waals surface area contributed by atoms with Gasteiger partial charge in [0, 0.05) is 31.5 Å². The molecule has 0 spiro atoms. The fourth-order valence-corrected chi connectivity index (χ4v) is 3.81. The predicted octanol–water partition coefficient (Wildman–Crippen LogP) is 3.35. The number of imidazole rings is 1. The molecule has 0 fully saturated rings. The normalized spacial score (nSPS) is 11.3. The summed E-state index contributed by atoms with van der Waals surface area (Å²) in [7, 11) is 1.73. The second-order valence-corrected chi connectivity index (χ2v) is 7.99. The molecular formula is C23H29N5O2. The highest BCUT2D eigenvalue weighted by Gasteiger charge is 2.23. The van der Waals surface area contributed by atoms with Gasteiger partial charge in [-0.25, -0.2) is 4.98 Å². The predicted molar refractivity (Wildman–Crippen MR) is 117 cm³/mol. The van der Waals surface area contributed by atoms with Crippen molar-refractivity contribution in [1.82, 2.24) is 24.3 Å². The first-order valence-electron chi connectivity index (χ1n) is 10.2. The Balaban J connectivity index is 1.92. The van der Waals surface area contributed by atoms with E-state index in [-0.39, 0.29) is 30.4 Å². The van der Waals surface area contributed by atoms with Crippen LogP contribution in [0.3, 0.4) is 0 Å². The third-order valence-electron chi connectivity index (χ3n) is 5.06. The number of pyridine rings is 1. The van der Waals surface area contributed by atoms with E-state index in [1.54, 1.807) is 36.5 Å². The summed E-state index contributed by atoms with van der Waals surface area (Å²) in [6, 6.07) is 11.4. The fraction of sp³-hybridized carbons (Fsp3) is 0.391. The van der Waals surface area contributed by atoms with E-state index in [1.165, 1.54) is 0 Å². The van der Waals surface area contributed by atoms with Crippen molar-refractivity contribution >= 4 is 22.8 Å². The van der Waals surface area contributed by atoms with Crippen LogP contribution in [0.25, 0.3) is 11.0 Å². The summed E-state index contributed by atoms with van der Waals surface area (Å²) in [5.41, 5.74) is 2.21. The number of fused-ring (bicyclic) bond motifs is 1. The van der Waals surface area contributed by atoms with E-state index in [0.717, 1.165) is 11.0 Å². The van der Waals surface area contributed by atoms with Gasteiger partial charge in [-0.2, -0.15) is 0 Å². The molecule has 0 atom stereocenters. The lowest BCUT2D eigenvalue weighted by Gasteiger charge is -2.31. The van der Waals surface area contributed by atoms with Crippen LogP contribution in [0.1, 0.15) is 43.9 Å². The number of nitrogens with zero attached hydrogens (tertiary/aromatic N) is 5. The van der Waals surface area contributed by atoms with Crippen LogP contribution in [0.5, 0.6) is 0 Å². The van der Waals surface area contributed by atoms with Gasteiger partial charge in [0.2, 0.25) is 5.91 Å². The fourth-order valence-electron chi connectivity index (χ4n) is 3.81. The molecular weight excluding hydrogens is 378 g/mol. The van der Waals surface area contributed by atoms with E-state index in [0.29, 0.717) is 17.9 Å². The van der Waals surface area contributed by atoms with Crippen LogP contribution in [0, 0.1) is 0 Å². The highest BCUT2D eigenvalue weighted by atomic mass is 16.2. The van der Waals surface area contributed by atoms with E-state index in [1.807, 2.05) is 61.4 Å². The maximum Gasteiger partial charge on any atom is 0.255 e. The molecule has 0 unspecified atom stereocenters. The number of para-hydroxylation sites is 2. The van der Waals surface area contributed by atoms with Gasteiger partial charge in [-0.3, -0.25) is 14.6 Å². The van der Waals surface area contributed by atoms with E-state index in [9.17, 15) is 9.59 Å². The molecule has 2 heterocycles. The van der Waals surface area contributed by atoms with Crippen LogP contribution in [0.4, 0.5) is 0 Å². The molecule has 0 radical (unpaired) electrons. The first-order chi connectivity index (χ1) is 14.3. The molecule has 0 N–H and O–H groups in total. The summed E-state index contributed by atoms with van der Waals surface area (Å²) in [6.45, 7) is 8.55. The van der Waals surface area contributed by atoms with E-state index in [4.69, 9.17) is 4.98 Å². The third kappa shape index (κ3) is 4.50. The monoisotopic (exact) mass is 407 g/mol. The molecule has 30 heavy (non-hydrogen) atoms. The second kappa shape index (κ2) is 9.07. The van der Waals surface area contributed by atoms with Crippen molar-refractivity contribution in [2.75, 3.05) is 7.05 Å². The van der Waals surface area contributed by atoms with Crippen LogP contribution in [-0.4, -0.2) is 55.3 Å². The van der Waals surface area contributed by atoms with Crippen LogP contribution in [0.2, 0.25) is 0 Å². The van der Waals surface area contributed by atoms with Gasteiger partial charge >= 0.3 is 0 Å². The lowest BCUT2D eigenvalue weighted by Crippen LogP contribution is -2.44. The van der Waals surface area contributed by atoms with Crippen molar-refractivity contribution in [3.05, 3.63) is 60.2 Å². The molecule has 0 aliphatic heterocycles. The first kappa shape index (κ1) is 21.5. The molecule has 0 saturated carbocycles. The van der Waals surface area contributed by atoms with Crippen molar-refractivity contribution in [2.45, 2.75) is 52.9 Å². The summed E-state index contributed by atoms with van der Waals surface area (Å²) in [5.74, 6) is 0.571. The summed E-state index contributed by atoms with van der Waals surface area (Å²) >= 11 is 0. The summed E-state index contributed by atoms with van der Waals surface area (Å²) < 4.78 is 1.92. The summed E-state index contributed by atoms with van der Waals surface area (Å²) in [4.78, 5) is 38.1. The molecule has 3 aromatic rings. The number of amides is 2. The lowest BCUT2D eigenvalue weighted by molar-refractivity contribution is -0.135. The van der Waals surface area contributed by atoms with Crippen LogP contribution in [-0.2, 0) is 17.9 Å². The van der Waals surface area contributed by atoms with Crippen LogP contribution < -0.4 is 0 Å². The molecule has 7 nitrogen and oxygen atoms in total. The molecule has 0 saturated heterocycles. The number of benzene rings is 1. The van der Waals surface area contributed by atoms with Gasteiger partial charge in [0.1, 0.15) is 12.4 Å². The minimum Gasteiger partial charge on any atom is -0.336 e. The van der Waals surface area contributed by atoms with Crippen molar-refractivity contribution in [3.63, 3.8) is 0 Å². The lowest BCUT2D eigenvalue weighted by atomic mass is 10.2. The molecule has 1 aromatic carbocycles. The van der Waals surface area contributed by atoms with E-state index < -0.39 is 0 Å². The molecule has 0 aliphatic rings. The summed E-state index contributed by atoms with van der Waals surface area (Å²) in [5, 5.41) is 0. The number of hydrogen-bond acceptors (Lipinski definition) is 4. The Hall–Kier alpha value is -3.22. The first-order valence-corrected chi connectivity index (χ1v) is 10.2. The maximum absolute atomic E-state index is 13.1. The average molecular weight is 408 g/mol. The molecule has 7 heteroatoms. The van der Waals surface area contributed by atoms with Gasteiger partial charge in [0.25, 0.3) is 5.91 Å². The van der Waals surface area contributed by atoms with E-state index in [2.05, 4.69) is 4.98 Å². The second-order valence-electron chi connectivity index (χ2n) is 7.99. The molecule has 0 aliphatic carbocycles. The number of hydrogen-bond donors (Lipinski definition) is 0. The Labute approximate surface area is 177 Å². The standard InChI is InChI=1S/C23H29N5O2/c1-16(2)28(17(3)4)22(29)15-27-20-11-7-6-10-19(20)25-21(27)14-26(5)23(30)18-9-8-12-24-13-18/h6-13,16-17H,14-15H2,1-5H3. The number of carbonyl (C=O) groups is 2. The average Bonchev–Trinajstić information content (AvgIpc) is 3.04. The van der Waals surface area contributed by atoms with Gasteiger partial charge in [-0.1, -0.05) is 12.1 Å². The van der Waals surface area contributed by atoms with Crippen molar-refractivity contribution < 1.29 is 9.59 Å². The van der Waals surface area contributed by atoms with Crippen molar-refractivity contribution in [1.29, 1.82) is 0 Å². The van der Waals surface area contributed by atoms with Gasteiger partial charge in [0.05, 0.1) is 23.1 Å². The van der Waals surface area contributed by atoms with Gasteiger partial charge < -0.3 is 14.4 Å². The SMILES string of the molecule is CC(C)N(C(=O)Cn1c(CN(C)C(=O)c2cccnc2)nc2ccccc21)C(C)C. The third-order valence-corrected chi connectivity index (χ3v) is 5.06. The van der Waals surface area contributed by atoms with Crippen molar-refractivity contribution in [3.8, 4) is 0 Å². The Morgan fingerprint density at radius 3 is 2.37 bits per heavy atom. The Morgan fingerprint density at radius 1 is 1.03 bits per heavy atom. The number of aromatic nitrogens is 3. The number of rotatable bonds is 7. The highest BCUT2D eigenvalue weighted by Crippen LogP contribution is 2.19. The van der Waals surface area contributed by atoms with Gasteiger partial charge in [-0.15, -0.1) is 0 Å². The van der Waals surface area contributed by atoms with E-state index >= 15 is 0 Å². The van der Waals surface area contributed by atoms with Gasteiger partial charge in [-0.05, 0) is 52.0 Å². The molecule has 2 aromatic heterocycles. The maximum atomic E-state index is 13.1. The zero-order chi connectivity index (χ0) is 21.8. The highest BCUT2D eigenvalue weighted by molar-refractivity contribution is 5.93. The zero-order valence-corrected chi connectivity index (χ0v) is 18.2. The van der Waals surface area contributed by atoms with Crippen LogP contribution in [0.15, 0.2) is 48.8 Å². The molecule has 2 amide bonds. The minimum absolute atomic E-state index is 0.0330. The topological polar surface area (TPSA) is 71.3 Å². The quantitative estimate of drug-likeness (QED) is 0.602. The van der Waals surface area contributed by atoms with Crippen molar-refractivity contribution in [2.24, 2.45) is 0 Å². The molecule has 0 bridgehead atoms. The minimum atomic E-state index is -0.140. The number of carbonyl (C=O) groups excluding carboxylic acids is 2.